The van der Waals surface area contributed by atoms with Crippen LogP contribution in [0.25, 0.3) is 0 Å². The van der Waals surface area contributed by atoms with Gasteiger partial charge in [-0.3, -0.25) is 0 Å². The molecular formula is C13H14N2O2. The van der Waals surface area contributed by atoms with Crippen molar-refractivity contribution in [3.8, 4) is 6.07 Å². The number of esters is 1. The van der Waals surface area contributed by atoms with Gasteiger partial charge in [0.1, 0.15) is 6.07 Å². The molecule has 0 saturated carbocycles. The third kappa shape index (κ3) is 3.65. The first kappa shape index (κ1) is 12.8. The third-order valence-corrected chi connectivity index (χ3v) is 2.13. The zero-order valence-corrected chi connectivity index (χ0v) is 10.1. The Kier molecular flexibility index (Phi) is 4.29. The first-order valence-electron chi connectivity index (χ1n) is 5.10. The van der Waals surface area contributed by atoms with E-state index in [4.69, 9.17) is 5.26 Å². The second-order valence-corrected chi connectivity index (χ2v) is 3.68. The normalized spacial score (nSPS) is 10.6. The van der Waals surface area contributed by atoms with E-state index in [1.165, 1.54) is 13.3 Å². The Morgan fingerprint density at radius 3 is 2.41 bits per heavy atom. The molecule has 0 aliphatic carbocycles. The van der Waals surface area contributed by atoms with Crippen LogP contribution in [0.1, 0.15) is 11.1 Å². The Morgan fingerprint density at radius 1 is 1.35 bits per heavy atom. The molecule has 0 fully saturated rings. The van der Waals surface area contributed by atoms with Gasteiger partial charge in [0.25, 0.3) is 0 Å². The van der Waals surface area contributed by atoms with Crippen LogP contribution >= 0.6 is 0 Å². The molecule has 0 aliphatic heterocycles. The first-order chi connectivity index (χ1) is 8.06. The van der Waals surface area contributed by atoms with Crippen LogP contribution in [0.5, 0.6) is 0 Å². The molecule has 4 heteroatoms. The van der Waals surface area contributed by atoms with Crippen LogP contribution in [0.15, 0.2) is 30.0 Å². The number of carbonyl (C=O) groups excluding carboxylic acids is 1. The molecule has 0 spiro atoms. The highest BCUT2D eigenvalue weighted by atomic mass is 16.5. The van der Waals surface area contributed by atoms with Crippen molar-refractivity contribution in [2.24, 2.45) is 0 Å². The summed E-state index contributed by atoms with van der Waals surface area (Å²) in [7, 11) is 1.24. The number of hydrogen-bond acceptors (Lipinski definition) is 4. The Hall–Kier alpha value is -2.28. The van der Waals surface area contributed by atoms with Gasteiger partial charge in [-0.05, 0) is 37.1 Å². The van der Waals surface area contributed by atoms with E-state index in [1.807, 2.05) is 32.0 Å². The molecule has 0 atom stereocenters. The summed E-state index contributed by atoms with van der Waals surface area (Å²) in [6, 6.07) is 7.67. The minimum absolute atomic E-state index is 0.0633. The number of carbonyl (C=O) groups is 1. The quantitative estimate of drug-likeness (QED) is 0.491. The zero-order chi connectivity index (χ0) is 12.8. The summed E-state index contributed by atoms with van der Waals surface area (Å²) < 4.78 is 4.47. The van der Waals surface area contributed by atoms with Crippen LogP contribution in [0, 0.1) is 25.2 Å². The summed E-state index contributed by atoms with van der Waals surface area (Å²) >= 11 is 0. The molecule has 88 valence electrons. The summed E-state index contributed by atoms with van der Waals surface area (Å²) in [6.07, 6.45) is 1.35. The maximum absolute atomic E-state index is 11.1. The topological polar surface area (TPSA) is 62.1 Å². The van der Waals surface area contributed by atoms with Gasteiger partial charge in [0, 0.05) is 11.9 Å². The summed E-state index contributed by atoms with van der Waals surface area (Å²) in [5.41, 5.74) is 2.99. The Morgan fingerprint density at radius 2 is 1.94 bits per heavy atom. The van der Waals surface area contributed by atoms with Crippen molar-refractivity contribution in [1.29, 1.82) is 5.26 Å². The highest BCUT2D eigenvalue weighted by Crippen LogP contribution is 2.14. The number of benzene rings is 1. The van der Waals surface area contributed by atoms with Gasteiger partial charge in [0.15, 0.2) is 5.57 Å². The number of ether oxygens (including phenoxy) is 1. The number of nitrogens with one attached hydrogen (secondary N) is 1. The second kappa shape index (κ2) is 5.71. The summed E-state index contributed by atoms with van der Waals surface area (Å²) in [5, 5.41) is 11.7. The molecule has 17 heavy (non-hydrogen) atoms. The van der Waals surface area contributed by atoms with Crippen molar-refractivity contribution in [2.75, 3.05) is 12.4 Å². The number of nitrogens with zero attached hydrogens (tertiary/aromatic N) is 1. The smallest absolute Gasteiger partial charge is 0.350 e. The van der Waals surface area contributed by atoms with Gasteiger partial charge in [-0.25, -0.2) is 4.79 Å². The van der Waals surface area contributed by atoms with E-state index in [9.17, 15) is 4.79 Å². The van der Waals surface area contributed by atoms with Crippen molar-refractivity contribution in [3.05, 3.63) is 41.1 Å². The van der Waals surface area contributed by atoms with Crippen LogP contribution < -0.4 is 5.32 Å². The molecule has 0 aromatic heterocycles. The summed E-state index contributed by atoms with van der Waals surface area (Å²) in [6.45, 7) is 3.96. The van der Waals surface area contributed by atoms with Gasteiger partial charge >= 0.3 is 5.97 Å². The third-order valence-electron chi connectivity index (χ3n) is 2.13. The Balaban J connectivity index is 2.88. The molecule has 0 aliphatic rings. The van der Waals surface area contributed by atoms with Gasteiger partial charge < -0.3 is 10.1 Å². The molecule has 0 heterocycles. The molecule has 0 bridgehead atoms. The lowest BCUT2D eigenvalue weighted by Crippen LogP contribution is -2.05. The van der Waals surface area contributed by atoms with Crippen molar-refractivity contribution in [1.82, 2.24) is 0 Å². The van der Waals surface area contributed by atoms with E-state index in [0.717, 1.165) is 16.8 Å². The lowest BCUT2D eigenvalue weighted by Gasteiger charge is -2.05. The summed E-state index contributed by atoms with van der Waals surface area (Å²) in [4.78, 5) is 11.1. The standard InChI is InChI=1S/C13H14N2O2/c1-9-4-10(2)6-12(5-9)15-8-11(7-14)13(16)17-3/h4-6,8,15H,1-3H3/b11-8-. The minimum Gasteiger partial charge on any atom is -0.465 e. The summed E-state index contributed by atoms with van der Waals surface area (Å²) in [5.74, 6) is -0.649. The van der Waals surface area contributed by atoms with Crippen LogP contribution in [0.2, 0.25) is 0 Å². The van der Waals surface area contributed by atoms with Gasteiger partial charge in [0.05, 0.1) is 7.11 Å². The number of aryl methyl sites for hydroxylation is 2. The van der Waals surface area contributed by atoms with Crippen LogP contribution in [-0.2, 0) is 9.53 Å². The SMILES string of the molecule is COC(=O)/C(C#N)=C\Nc1cc(C)cc(C)c1. The maximum Gasteiger partial charge on any atom is 0.350 e. The fraction of sp³-hybridized carbons (Fsp3) is 0.231. The average Bonchev–Trinajstić information content (AvgIpc) is 2.28. The van der Waals surface area contributed by atoms with Crippen LogP contribution in [-0.4, -0.2) is 13.1 Å². The number of anilines is 1. The van der Waals surface area contributed by atoms with E-state index >= 15 is 0 Å². The van der Waals surface area contributed by atoms with E-state index in [0.29, 0.717) is 0 Å². The average molecular weight is 230 g/mol. The highest BCUT2D eigenvalue weighted by Gasteiger charge is 2.07. The predicted molar refractivity (Wildman–Crippen MR) is 65.3 cm³/mol. The van der Waals surface area contributed by atoms with Gasteiger partial charge in [-0.2, -0.15) is 5.26 Å². The van der Waals surface area contributed by atoms with Gasteiger partial charge in [-0.1, -0.05) is 6.07 Å². The van der Waals surface area contributed by atoms with Crippen molar-refractivity contribution in [2.45, 2.75) is 13.8 Å². The molecule has 1 aromatic carbocycles. The molecular weight excluding hydrogens is 216 g/mol. The van der Waals surface area contributed by atoms with E-state index in [1.54, 1.807) is 6.07 Å². The second-order valence-electron chi connectivity index (χ2n) is 3.68. The van der Waals surface area contributed by atoms with Crippen molar-refractivity contribution < 1.29 is 9.53 Å². The maximum atomic E-state index is 11.1. The Bertz CT molecular complexity index is 478. The fourth-order valence-electron chi connectivity index (χ4n) is 1.46. The van der Waals surface area contributed by atoms with Crippen LogP contribution in [0.3, 0.4) is 0 Å². The monoisotopic (exact) mass is 230 g/mol. The highest BCUT2D eigenvalue weighted by molar-refractivity contribution is 5.93. The first-order valence-corrected chi connectivity index (χ1v) is 5.10. The number of hydrogen-bond donors (Lipinski definition) is 1. The molecule has 1 N–H and O–H groups in total. The zero-order valence-electron chi connectivity index (χ0n) is 10.1. The molecule has 0 unspecified atom stereocenters. The minimum atomic E-state index is -0.649. The van der Waals surface area contributed by atoms with Crippen molar-refractivity contribution >= 4 is 11.7 Å². The van der Waals surface area contributed by atoms with E-state index in [2.05, 4.69) is 10.1 Å². The number of methoxy groups -OCH3 is 1. The molecule has 1 aromatic rings. The molecule has 4 nitrogen and oxygen atoms in total. The lowest BCUT2D eigenvalue weighted by atomic mass is 10.1. The number of nitriles is 1. The van der Waals surface area contributed by atoms with E-state index in [-0.39, 0.29) is 5.57 Å². The fourth-order valence-corrected chi connectivity index (χ4v) is 1.46. The van der Waals surface area contributed by atoms with E-state index < -0.39 is 5.97 Å². The largest absolute Gasteiger partial charge is 0.465 e. The van der Waals surface area contributed by atoms with Crippen LogP contribution in [0.4, 0.5) is 5.69 Å². The molecule has 1 rings (SSSR count). The van der Waals surface area contributed by atoms with Crippen molar-refractivity contribution in [3.63, 3.8) is 0 Å². The van der Waals surface area contributed by atoms with Gasteiger partial charge in [-0.15, -0.1) is 0 Å². The van der Waals surface area contributed by atoms with Gasteiger partial charge in [0.2, 0.25) is 0 Å². The molecule has 0 radical (unpaired) electrons. The predicted octanol–water partition coefficient (Wildman–Crippen LogP) is 2.30. The Labute approximate surface area is 101 Å². The molecule has 0 saturated heterocycles. The molecule has 0 amide bonds. The lowest BCUT2D eigenvalue weighted by molar-refractivity contribution is -0.135. The number of rotatable bonds is 3.